The van der Waals surface area contributed by atoms with E-state index in [4.69, 9.17) is 42.0 Å². The van der Waals surface area contributed by atoms with Gasteiger partial charge in [0.05, 0.1) is 39.1 Å². The Balaban J connectivity index is 1.09. The van der Waals surface area contributed by atoms with E-state index in [0.29, 0.717) is 22.6 Å². The number of methoxy groups -OCH3 is 2. The average Bonchev–Trinajstić information content (AvgIpc) is 3.96. The fraction of sp³-hybridized carbons (Fsp3) is 0.327. The highest BCUT2D eigenvalue weighted by molar-refractivity contribution is 7.41. The van der Waals surface area contributed by atoms with Crippen LogP contribution in [0.1, 0.15) is 63.5 Å². The van der Waals surface area contributed by atoms with Crippen LogP contribution in [0.15, 0.2) is 141 Å². The lowest BCUT2D eigenvalue weighted by atomic mass is 9.80. The molecule has 0 spiro atoms. The predicted octanol–water partition coefficient (Wildman–Crippen LogP) is 5.81. The molecule has 1 unspecified atom stereocenters. The van der Waals surface area contributed by atoms with Gasteiger partial charge in [-0.05, 0) is 66.9 Å². The van der Waals surface area contributed by atoms with Gasteiger partial charge in [-0.1, -0.05) is 72.8 Å². The number of hydrogen-bond acceptors (Lipinski definition) is 14. The summed E-state index contributed by atoms with van der Waals surface area (Å²) in [6.07, 6.45) is -2.41. The first-order valence-corrected chi connectivity index (χ1v) is 22.8. The minimum Gasteiger partial charge on any atom is -0.497 e. The maximum atomic E-state index is 13.3. The molecular weight excluding hydrogens is 900 g/mol. The number of carbonyl (C=O) groups is 1. The van der Waals surface area contributed by atoms with Crippen molar-refractivity contribution in [2.75, 3.05) is 34.5 Å². The molecule has 2 aliphatic rings. The number of carbonyl (C=O) groups excluding carboxylic acids is 1. The van der Waals surface area contributed by atoms with Gasteiger partial charge in [-0.25, -0.2) is 14.4 Å². The van der Waals surface area contributed by atoms with Crippen molar-refractivity contribution in [3.8, 4) is 11.5 Å². The average molecular weight is 951 g/mol. The van der Waals surface area contributed by atoms with E-state index in [1.165, 1.54) is 28.6 Å². The number of hydrogen-bond donors (Lipinski definition) is 2. The quantitative estimate of drug-likeness (QED) is 0.0593. The SMILES string of the molecule is COc1ccc(C(OC[C@H]2O[C@@H](n3cc(C)c(=O)[nH]c3=O)C[C@@H]2OP(OC)OC[C@H]2O[C@@H](n3cc(C)c(=O)[nH]c3=O)C[C@@H]2OC(=O)c2ccccc2)(c2ccccc2)c2ccc(OC)cc2)cc1. The Kier molecular flexibility index (Phi) is 15.0. The van der Waals surface area contributed by atoms with Gasteiger partial charge in [0.1, 0.15) is 47.9 Å². The van der Waals surface area contributed by atoms with E-state index in [9.17, 15) is 24.0 Å². The van der Waals surface area contributed by atoms with Crippen molar-refractivity contribution in [2.45, 2.75) is 69.2 Å². The first kappa shape index (κ1) is 48.0. The second-order valence-electron chi connectivity index (χ2n) is 16.2. The summed E-state index contributed by atoms with van der Waals surface area (Å²) in [5.41, 5.74) is -0.433. The van der Waals surface area contributed by atoms with Gasteiger partial charge in [-0.3, -0.25) is 28.7 Å². The number of esters is 1. The molecule has 0 amide bonds. The van der Waals surface area contributed by atoms with Crippen LogP contribution >= 0.6 is 8.60 Å². The lowest BCUT2D eigenvalue weighted by molar-refractivity contribution is -0.0938. The summed E-state index contributed by atoms with van der Waals surface area (Å²) in [4.78, 5) is 68.8. The number of H-pyrrole nitrogens is 2. The summed E-state index contributed by atoms with van der Waals surface area (Å²) < 4.78 is 58.4. The largest absolute Gasteiger partial charge is 0.497 e. The van der Waals surface area contributed by atoms with Gasteiger partial charge in [-0.15, -0.1) is 0 Å². The first-order chi connectivity index (χ1) is 32.9. The molecule has 68 heavy (non-hydrogen) atoms. The van der Waals surface area contributed by atoms with Crippen LogP contribution in [0.25, 0.3) is 0 Å². The van der Waals surface area contributed by atoms with Crippen molar-refractivity contribution in [3.05, 3.63) is 197 Å². The van der Waals surface area contributed by atoms with Crippen molar-refractivity contribution in [1.29, 1.82) is 0 Å². The zero-order valence-electron chi connectivity index (χ0n) is 37.9. The number of aryl methyl sites for hydroxylation is 2. The van der Waals surface area contributed by atoms with Crippen molar-refractivity contribution in [2.24, 2.45) is 0 Å². The van der Waals surface area contributed by atoms with Crippen LogP contribution in [0.3, 0.4) is 0 Å². The number of benzene rings is 4. The smallest absolute Gasteiger partial charge is 0.338 e. The molecule has 0 radical (unpaired) electrons. The molecule has 19 heteroatoms. The number of ether oxygens (including phenoxy) is 6. The van der Waals surface area contributed by atoms with Crippen LogP contribution in [0, 0.1) is 13.8 Å². The summed E-state index contributed by atoms with van der Waals surface area (Å²) in [5.74, 6) is 0.686. The summed E-state index contributed by atoms with van der Waals surface area (Å²) >= 11 is 0. The molecule has 4 heterocycles. The second kappa shape index (κ2) is 21.2. The third kappa shape index (κ3) is 10.3. The fourth-order valence-electron chi connectivity index (χ4n) is 8.31. The molecule has 2 saturated heterocycles. The van der Waals surface area contributed by atoms with Gasteiger partial charge in [0.15, 0.2) is 0 Å². The topological polar surface area (TPSA) is 210 Å². The van der Waals surface area contributed by atoms with E-state index >= 15 is 0 Å². The van der Waals surface area contributed by atoms with E-state index in [2.05, 4.69) is 9.97 Å². The van der Waals surface area contributed by atoms with Gasteiger partial charge < -0.3 is 42.0 Å². The first-order valence-electron chi connectivity index (χ1n) is 21.7. The number of nitrogens with one attached hydrogen (secondary N) is 2. The lowest BCUT2D eigenvalue weighted by Crippen LogP contribution is -2.38. The Morgan fingerprint density at radius 2 is 1.12 bits per heavy atom. The molecule has 356 valence electrons. The molecule has 4 aromatic carbocycles. The third-order valence-electron chi connectivity index (χ3n) is 11.9. The number of aromatic amines is 2. The molecule has 0 bridgehead atoms. The Morgan fingerprint density at radius 1 is 0.647 bits per heavy atom. The van der Waals surface area contributed by atoms with Gasteiger partial charge in [0.2, 0.25) is 0 Å². The summed E-state index contributed by atoms with van der Waals surface area (Å²) in [6, 6.07) is 33.2. The fourth-order valence-corrected chi connectivity index (χ4v) is 9.27. The van der Waals surface area contributed by atoms with Crippen molar-refractivity contribution in [1.82, 2.24) is 19.1 Å². The maximum absolute atomic E-state index is 13.3. The number of nitrogens with zero attached hydrogens (tertiary/aromatic N) is 2. The number of aromatic nitrogens is 4. The molecule has 6 aromatic rings. The molecule has 2 aliphatic heterocycles. The monoisotopic (exact) mass is 950 g/mol. The standard InChI is InChI=1S/C49H51N4O14P/c1-30-26-52(47(57)50-44(30)54)42-24-38(66-46(56)32-12-8-6-9-13-32)41(65-42)29-63-68(61-5)67-39-25-43(53-27-31(2)45(55)51-48(53)58)64-40(39)28-62-49(33-14-10-7-11-15-33,34-16-20-36(59-3)21-17-34)35-18-22-37(60-4)23-19-35/h6-23,26-27,38-43H,24-25,28-29H2,1-5H3,(H,50,54,57)(H,51,55,58)/t38-,39-,40+,41+,42+,43+,68?/m0/s1. The van der Waals surface area contributed by atoms with Gasteiger partial charge in [0.25, 0.3) is 11.1 Å². The zero-order valence-corrected chi connectivity index (χ0v) is 38.8. The Bertz CT molecular complexity index is 2860. The third-order valence-corrected chi connectivity index (χ3v) is 13.0. The normalized spacial score (nSPS) is 20.8. The van der Waals surface area contributed by atoms with Crippen LogP contribution in [-0.4, -0.2) is 84.0 Å². The lowest BCUT2D eigenvalue weighted by Gasteiger charge is -2.37. The number of rotatable bonds is 18. The van der Waals surface area contributed by atoms with Gasteiger partial charge in [-0.2, -0.15) is 0 Å². The van der Waals surface area contributed by atoms with E-state index in [-0.39, 0.29) is 31.6 Å². The van der Waals surface area contributed by atoms with Crippen LogP contribution in [0.5, 0.6) is 11.5 Å². The molecule has 2 N–H and O–H groups in total. The highest BCUT2D eigenvalue weighted by atomic mass is 31.2. The second-order valence-corrected chi connectivity index (χ2v) is 17.4. The molecule has 8 rings (SSSR count). The van der Waals surface area contributed by atoms with Crippen LogP contribution in [0.4, 0.5) is 0 Å². The highest BCUT2D eigenvalue weighted by Crippen LogP contribution is 2.47. The molecule has 0 aliphatic carbocycles. The highest BCUT2D eigenvalue weighted by Gasteiger charge is 2.45. The van der Waals surface area contributed by atoms with Crippen molar-refractivity contribution in [3.63, 3.8) is 0 Å². The molecular formula is C49H51N4O14P. The Morgan fingerprint density at radius 3 is 1.62 bits per heavy atom. The van der Waals surface area contributed by atoms with Gasteiger partial charge in [0, 0.05) is 43.5 Å². The Hall–Kier alpha value is -6.50. The van der Waals surface area contributed by atoms with Crippen molar-refractivity contribution >= 4 is 14.6 Å². The van der Waals surface area contributed by atoms with Crippen LogP contribution < -0.4 is 32.0 Å². The minimum absolute atomic E-state index is 0.0558. The Labute approximate surface area is 391 Å². The summed E-state index contributed by atoms with van der Waals surface area (Å²) in [7, 11) is 2.38. The minimum atomic E-state index is -2.21. The van der Waals surface area contributed by atoms with Crippen LogP contribution in [-0.2, 0) is 38.1 Å². The summed E-state index contributed by atoms with van der Waals surface area (Å²) in [6.45, 7) is 2.83. The molecule has 0 saturated carbocycles. The maximum Gasteiger partial charge on any atom is 0.338 e. The zero-order chi connectivity index (χ0) is 48.0. The van der Waals surface area contributed by atoms with E-state index in [1.807, 2.05) is 78.9 Å². The molecule has 2 fully saturated rings. The van der Waals surface area contributed by atoms with E-state index in [0.717, 1.165) is 16.7 Å². The molecule has 2 aromatic heterocycles. The molecule has 7 atom stereocenters. The van der Waals surface area contributed by atoms with E-state index < -0.39 is 79.5 Å². The van der Waals surface area contributed by atoms with Crippen LogP contribution in [0.2, 0.25) is 0 Å². The van der Waals surface area contributed by atoms with Gasteiger partial charge >= 0.3 is 26.0 Å². The molecule has 18 nitrogen and oxygen atoms in total. The predicted molar refractivity (Wildman–Crippen MR) is 248 cm³/mol. The van der Waals surface area contributed by atoms with Crippen molar-refractivity contribution < 1.29 is 46.8 Å². The van der Waals surface area contributed by atoms with E-state index in [1.54, 1.807) is 58.4 Å². The summed E-state index contributed by atoms with van der Waals surface area (Å²) in [5, 5.41) is 0.